The fourth-order valence-electron chi connectivity index (χ4n) is 1.53. The van der Waals surface area contributed by atoms with Crippen molar-refractivity contribution in [3.8, 4) is 17.4 Å². The minimum absolute atomic E-state index is 0.577. The van der Waals surface area contributed by atoms with Gasteiger partial charge in [-0.15, -0.1) is 11.8 Å². The van der Waals surface area contributed by atoms with Gasteiger partial charge in [-0.05, 0) is 31.4 Å². The molecular weight excluding hydrogens is 220 g/mol. The molecule has 0 unspecified atom stereocenters. The van der Waals surface area contributed by atoms with Gasteiger partial charge in [0.05, 0.1) is 11.8 Å². The van der Waals surface area contributed by atoms with E-state index in [1.54, 1.807) is 6.26 Å². The molecule has 3 nitrogen and oxygen atoms in total. The van der Waals surface area contributed by atoms with E-state index in [4.69, 9.17) is 4.42 Å². The third kappa shape index (κ3) is 1.82. The molecule has 0 saturated heterocycles. The van der Waals surface area contributed by atoms with Crippen LogP contribution in [0, 0.1) is 18.3 Å². The van der Waals surface area contributed by atoms with Crippen LogP contribution in [0.3, 0.4) is 0 Å². The Labute approximate surface area is 98.1 Å². The second kappa shape index (κ2) is 4.42. The van der Waals surface area contributed by atoms with Crippen molar-refractivity contribution in [1.82, 2.24) is 4.98 Å². The molecule has 0 saturated carbocycles. The number of pyridine rings is 1. The Balaban J connectivity index is 2.69. The SMILES string of the molecule is CSc1nc(C)cc(-c2ccco2)c1C#N. The van der Waals surface area contributed by atoms with E-state index in [2.05, 4.69) is 11.1 Å². The van der Waals surface area contributed by atoms with Crippen LogP contribution in [-0.4, -0.2) is 11.2 Å². The molecule has 0 aliphatic carbocycles. The molecule has 0 fully saturated rings. The third-order valence-electron chi connectivity index (χ3n) is 2.21. The number of nitrogens with zero attached hydrogens (tertiary/aromatic N) is 2. The van der Waals surface area contributed by atoms with Crippen LogP contribution in [0.4, 0.5) is 0 Å². The Morgan fingerprint density at radius 1 is 1.50 bits per heavy atom. The van der Waals surface area contributed by atoms with Crippen LogP contribution in [0.2, 0.25) is 0 Å². The minimum atomic E-state index is 0.577. The molecule has 0 bridgehead atoms. The van der Waals surface area contributed by atoms with Crippen molar-refractivity contribution in [3.63, 3.8) is 0 Å². The average Bonchev–Trinajstić information content (AvgIpc) is 2.81. The Morgan fingerprint density at radius 2 is 2.31 bits per heavy atom. The molecule has 0 aromatic carbocycles. The average molecular weight is 230 g/mol. The summed E-state index contributed by atoms with van der Waals surface area (Å²) < 4.78 is 5.33. The summed E-state index contributed by atoms with van der Waals surface area (Å²) >= 11 is 1.47. The van der Waals surface area contributed by atoms with Crippen LogP contribution in [0.1, 0.15) is 11.3 Å². The van der Waals surface area contributed by atoms with Crippen molar-refractivity contribution < 1.29 is 4.42 Å². The van der Waals surface area contributed by atoms with Gasteiger partial charge in [0.15, 0.2) is 0 Å². The molecule has 0 spiro atoms. The number of furan rings is 1. The maximum atomic E-state index is 9.18. The number of hydrogen-bond donors (Lipinski definition) is 0. The van der Waals surface area contributed by atoms with E-state index in [-0.39, 0.29) is 0 Å². The van der Waals surface area contributed by atoms with Crippen molar-refractivity contribution in [3.05, 3.63) is 35.7 Å². The number of nitriles is 1. The smallest absolute Gasteiger partial charge is 0.135 e. The maximum absolute atomic E-state index is 9.18. The van der Waals surface area contributed by atoms with Crippen LogP contribution in [0.5, 0.6) is 0 Å². The summed E-state index contributed by atoms with van der Waals surface area (Å²) in [5.41, 5.74) is 2.27. The third-order valence-corrected chi connectivity index (χ3v) is 2.89. The number of thioether (sulfide) groups is 1. The zero-order chi connectivity index (χ0) is 11.5. The van der Waals surface area contributed by atoms with Gasteiger partial charge in [-0.25, -0.2) is 4.98 Å². The van der Waals surface area contributed by atoms with Gasteiger partial charge in [0.25, 0.3) is 0 Å². The number of rotatable bonds is 2. The lowest BCUT2D eigenvalue weighted by Gasteiger charge is -2.06. The predicted molar refractivity (Wildman–Crippen MR) is 63.2 cm³/mol. The van der Waals surface area contributed by atoms with Crippen LogP contribution >= 0.6 is 11.8 Å². The molecule has 2 rings (SSSR count). The van der Waals surface area contributed by atoms with E-state index in [9.17, 15) is 5.26 Å². The van der Waals surface area contributed by atoms with Crippen LogP contribution < -0.4 is 0 Å². The molecule has 0 atom stereocenters. The van der Waals surface area contributed by atoms with E-state index >= 15 is 0 Å². The van der Waals surface area contributed by atoms with Crippen LogP contribution in [-0.2, 0) is 0 Å². The summed E-state index contributed by atoms with van der Waals surface area (Å²) in [5.74, 6) is 0.706. The molecule has 0 aliphatic rings. The van der Waals surface area contributed by atoms with Crippen molar-refractivity contribution in [2.75, 3.05) is 6.26 Å². The Kier molecular flexibility index (Phi) is 2.97. The van der Waals surface area contributed by atoms with E-state index in [1.807, 2.05) is 31.4 Å². The zero-order valence-electron chi connectivity index (χ0n) is 9.02. The number of aryl methyl sites for hydroxylation is 1. The van der Waals surface area contributed by atoms with Crippen LogP contribution in [0.25, 0.3) is 11.3 Å². The quantitative estimate of drug-likeness (QED) is 0.743. The highest BCUT2D eigenvalue weighted by molar-refractivity contribution is 7.98. The van der Waals surface area contributed by atoms with Gasteiger partial charge >= 0.3 is 0 Å². The highest BCUT2D eigenvalue weighted by atomic mass is 32.2. The van der Waals surface area contributed by atoms with E-state index < -0.39 is 0 Å². The lowest BCUT2D eigenvalue weighted by atomic mass is 10.1. The monoisotopic (exact) mass is 230 g/mol. The Morgan fingerprint density at radius 3 is 2.88 bits per heavy atom. The second-order valence-corrected chi connectivity index (χ2v) is 4.08. The van der Waals surface area contributed by atoms with Gasteiger partial charge < -0.3 is 4.42 Å². The van der Waals surface area contributed by atoms with E-state index in [0.29, 0.717) is 11.3 Å². The van der Waals surface area contributed by atoms with Gasteiger partial charge in [-0.1, -0.05) is 0 Å². The number of aromatic nitrogens is 1. The van der Waals surface area contributed by atoms with Gasteiger partial charge in [0.1, 0.15) is 16.9 Å². The standard InChI is InChI=1S/C12H10N2OS/c1-8-6-9(11-4-3-5-15-11)10(7-13)12(14-8)16-2/h3-6H,1-2H3. The normalized spacial score (nSPS) is 10.1. The largest absolute Gasteiger partial charge is 0.464 e. The topological polar surface area (TPSA) is 49.8 Å². The first-order chi connectivity index (χ1) is 7.76. The molecule has 2 aromatic rings. The summed E-state index contributed by atoms with van der Waals surface area (Å²) in [6.45, 7) is 1.91. The molecule has 2 heterocycles. The van der Waals surface area contributed by atoms with Gasteiger partial charge in [-0.2, -0.15) is 5.26 Å². The second-order valence-electron chi connectivity index (χ2n) is 3.28. The summed E-state index contributed by atoms with van der Waals surface area (Å²) in [6, 6.07) is 7.72. The zero-order valence-corrected chi connectivity index (χ0v) is 9.84. The molecule has 2 aromatic heterocycles. The van der Waals surface area contributed by atoms with E-state index in [1.165, 1.54) is 11.8 Å². The first kappa shape index (κ1) is 10.8. The minimum Gasteiger partial charge on any atom is -0.464 e. The lowest BCUT2D eigenvalue weighted by Crippen LogP contribution is -1.93. The summed E-state index contributed by atoms with van der Waals surface area (Å²) in [6.07, 6.45) is 3.51. The molecule has 0 aliphatic heterocycles. The fourth-order valence-corrected chi connectivity index (χ4v) is 2.12. The highest BCUT2D eigenvalue weighted by Crippen LogP contribution is 2.29. The summed E-state index contributed by atoms with van der Waals surface area (Å²) in [4.78, 5) is 4.33. The van der Waals surface area contributed by atoms with Crippen LogP contribution in [0.15, 0.2) is 33.9 Å². The van der Waals surface area contributed by atoms with E-state index in [0.717, 1.165) is 16.3 Å². The molecule has 0 amide bonds. The molecule has 16 heavy (non-hydrogen) atoms. The van der Waals surface area contributed by atoms with Gasteiger partial charge in [-0.3, -0.25) is 0 Å². The molecular formula is C12H10N2OS. The van der Waals surface area contributed by atoms with Crippen molar-refractivity contribution in [2.24, 2.45) is 0 Å². The number of hydrogen-bond acceptors (Lipinski definition) is 4. The maximum Gasteiger partial charge on any atom is 0.135 e. The molecule has 80 valence electrons. The molecule has 0 N–H and O–H groups in total. The lowest BCUT2D eigenvalue weighted by molar-refractivity contribution is 0.581. The van der Waals surface area contributed by atoms with Crippen molar-refractivity contribution in [1.29, 1.82) is 5.26 Å². The van der Waals surface area contributed by atoms with Crippen molar-refractivity contribution >= 4 is 11.8 Å². The summed E-state index contributed by atoms with van der Waals surface area (Å²) in [7, 11) is 0. The Bertz CT molecular complexity index is 541. The van der Waals surface area contributed by atoms with Gasteiger partial charge in [0.2, 0.25) is 0 Å². The van der Waals surface area contributed by atoms with Gasteiger partial charge in [0, 0.05) is 11.3 Å². The fraction of sp³-hybridized carbons (Fsp3) is 0.167. The van der Waals surface area contributed by atoms with Crippen molar-refractivity contribution in [2.45, 2.75) is 11.9 Å². The summed E-state index contributed by atoms with van der Waals surface area (Å²) in [5, 5.41) is 9.92. The molecule has 0 radical (unpaired) electrons. The Hall–Kier alpha value is -1.73. The molecule has 4 heteroatoms. The first-order valence-corrected chi connectivity index (χ1v) is 5.98. The highest BCUT2D eigenvalue weighted by Gasteiger charge is 2.13. The predicted octanol–water partition coefficient (Wildman–Crippen LogP) is 3.24. The first-order valence-electron chi connectivity index (χ1n) is 4.76.